The number of ether oxygens (including phenoxy) is 1. The SMILES string of the molecule is C=CCCCOc1ccc(C2CCC(C#Cc3ccc(C(O)CCC)c(F)c3F)CC2)cc1F. The van der Waals surface area contributed by atoms with E-state index < -0.39 is 17.7 Å². The molecule has 1 fully saturated rings. The van der Waals surface area contributed by atoms with Gasteiger partial charge in [-0.2, -0.15) is 0 Å². The first-order valence-electron chi connectivity index (χ1n) is 12.1. The summed E-state index contributed by atoms with van der Waals surface area (Å²) in [7, 11) is 0. The van der Waals surface area contributed by atoms with Crippen LogP contribution in [0.15, 0.2) is 43.0 Å². The van der Waals surface area contributed by atoms with Crippen molar-refractivity contribution in [1.82, 2.24) is 0 Å². The molecular formula is C29H33F3O2. The Bertz CT molecular complexity index is 1030. The molecule has 1 atom stereocenters. The van der Waals surface area contributed by atoms with Gasteiger partial charge in [0, 0.05) is 11.5 Å². The van der Waals surface area contributed by atoms with Gasteiger partial charge < -0.3 is 9.84 Å². The van der Waals surface area contributed by atoms with E-state index in [1.165, 1.54) is 12.1 Å². The summed E-state index contributed by atoms with van der Waals surface area (Å²) in [6.07, 6.45) is 6.83. The Morgan fingerprint density at radius 1 is 1.12 bits per heavy atom. The molecule has 0 aromatic heterocycles. The van der Waals surface area contributed by atoms with E-state index in [-0.39, 0.29) is 34.5 Å². The first-order chi connectivity index (χ1) is 16.4. The van der Waals surface area contributed by atoms with Crippen molar-refractivity contribution >= 4 is 0 Å². The molecule has 1 aliphatic rings. The van der Waals surface area contributed by atoms with Crippen LogP contribution in [0.3, 0.4) is 0 Å². The first kappa shape index (κ1) is 25.9. The molecule has 2 aromatic rings. The summed E-state index contributed by atoms with van der Waals surface area (Å²) in [5.74, 6) is 4.11. The van der Waals surface area contributed by atoms with Crippen LogP contribution in [-0.4, -0.2) is 11.7 Å². The van der Waals surface area contributed by atoms with Crippen molar-refractivity contribution in [3.8, 4) is 17.6 Å². The summed E-state index contributed by atoms with van der Waals surface area (Å²) in [4.78, 5) is 0. The maximum absolute atomic E-state index is 14.4. The number of aliphatic hydroxyl groups excluding tert-OH is 1. The minimum atomic E-state index is -1.02. The van der Waals surface area contributed by atoms with Gasteiger partial charge in [-0.05, 0) is 74.6 Å². The zero-order chi connectivity index (χ0) is 24.5. The molecule has 1 N–H and O–H groups in total. The number of halogens is 3. The molecule has 2 aromatic carbocycles. The Labute approximate surface area is 200 Å². The normalized spacial score (nSPS) is 18.6. The van der Waals surface area contributed by atoms with E-state index in [0.29, 0.717) is 19.4 Å². The van der Waals surface area contributed by atoms with Gasteiger partial charge >= 0.3 is 0 Å². The van der Waals surface area contributed by atoms with Crippen LogP contribution >= 0.6 is 0 Å². The molecule has 3 rings (SSSR count). The third kappa shape index (κ3) is 6.67. The minimum absolute atomic E-state index is 0.0119. The molecule has 0 spiro atoms. The van der Waals surface area contributed by atoms with Gasteiger partial charge in [-0.1, -0.05) is 43.4 Å². The topological polar surface area (TPSA) is 29.5 Å². The zero-order valence-corrected chi connectivity index (χ0v) is 19.8. The fourth-order valence-corrected chi connectivity index (χ4v) is 4.40. The van der Waals surface area contributed by atoms with E-state index in [9.17, 15) is 18.3 Å². The molecule has 0 heterocycles. The molecule has 0 aliphatic heterocycles. The molecular weight excluding hydrogens is 437 g/mol. The quantitative estimate of drug-likeness (QED) is 0.232. The Hall–Kier alpha value is -2.71. The molecule has 0 radical (unpaired) electrons. The highest BCUT2D eigenvalue weighted by molar-refractivity contribution is 5.40. The molecule has 5 heteroatoms. The van der Waals surface area contributed by atoms with Gasteiger partial charge in [-0.15, -0.1) is 6.58 Å². The third-order valence-electron chi connectivity index (χ3n) is 6.41. The third-order valence-corrected chi connectivity index (χ3v) is 6.41. The van der Waals surface area contributed by atoms with Crippen molar-refractivity contribution in [3.63, 3.8) is 0 Å². The van der Waals surface area contributed by atoms with Crippen LogP contribution < -0.4 is 4.74 Å². The summed E-state index contributed by atoms with van der Waals surface area (Å²) in [6.45, 7) is 5.99. The summed E-state index contributed by atoms with van der Waals surface area (Å²) < 4.78 is 48.8. The lowest BCUT2D eigenvalue weighted by atomic mass is 9.79. The number of aliphatic hydroxyl groups is 1. The van der Waals surface area contributed by atoms with Crippen LogP contribution in [0.25, 0.3) is 0 Å². The van der Waals surface area contributed by atoms with Gasteiger partial charge in [0.15, 0.2) is 23.2 Å². The van der Waals surface area contributed by atoms with E-state index >= 15 is 0 Å². The lowest BCUT2D eigenvalue weighted by Crippen LogP contribution is -2.12. The molecule has 34 heavy (non-hydrogen) atoms. The molecule has 0 bridgehead atoms. The van der Waals surface area contributed by atoms with Crippen LogP contribution in [0, 0.1) is 35.2 Å². The summed E-state index contributed by atoms with van der Waals surface area (Å²) in [5, 5.41) is 9.98. The minimum Gasteiger partial charge on any atom is -0.491 e. The number of allylic oxidation sites excluding steroid dienone is 1. The average Bonchev–Trinajstić information content (AvgIpc) is 2.84. The summed E-state index contributed by atoms with van der Waals surface area (Å²) >= 11 is 0. The molecule has 1 saturated carbocycles. The van der Waals surface area contributed by atoms with Crippen molar-refractivity contribution in [2.24, 2.45) is 5.92 Å². The second kappa shape index (κ2) is 12.7. The number of hydrogen-bond acceptors (Lipinski definition) is 2. The lowest BCUT2D eigenvalue weighted by Gasteiger charge is -2.26. The molecule has 0 amide bonds. The summed E-state index contributed by atoms with van der Waals surface area (Å²) in [6, 6.07) is 8.04. The van der Waals surface area contributed by atoms with E-state index in [4.69, 9.17) is 4.74 Å². The van der Waals surface area contributed by atoms with Gasteiger partial charge in [0.25, 0.3) is 0 Å². The fraction of sp³-hybridized carbons (Fsp3) is 0.448. The number of rotatable bonds is 9. The maximum Gasteiger partial charge on any atom is 0.174 e. The monoisotopic (exact) mass is 470 g/mol. The zero-order valence-electron chi connectivity index (χ0n) is 19.8. The molecule has 2 nitrogen and oxygen atoms in total. The van der Waals surface area contributed by atoms with E-state index in [1.807, 2.05) is 19.1 Å². The lowest BCUT2D eigenvalue weighted by molar-refractivity contribution is 0.160. The highest BCUT2D eigenvalue weighted by Gasteiger charge is 2.23. The van der Waals surface area contributed by atoms with E-state index in [2.05, 4.69) is 18.4 Å². The standard InChI is InChI=1S/C29H33F3O2/c1-3-5-6-18-34-27-17-15-23(19-25(27)30)21-11-8-20(9-12-21)10-13-22-14-16-24(26(33)7-4-2)29(32)28(22)31/h3,14-17,19-21,26,33H,1,4-9,11-12,18H2,2H3. The van der Waals surface area contributed by atoms with Crippen LogP contribution in [0.5, 0.6) is 5.75 Å². The second-order valence-corrected chi connectivity index (χ2v) is 8.92. The highest BCUT2D eigenvalue weighted by Crippen LogP contribution is 2.37. The Morgan fingerprint density at radius 3 is 2.56 bits per heavy atom. The number of unbranched alkanes of at least 4 members (excludes halogenated alkanes) is 1. The van der Waals surface area contributed by atoms with E-state index in [1.54, 1.807) is 12.1 Å². The maximum atomic E-state index is 14.4. The average molecular weight is 471 g/mol. The Balaban J connectivity index is 1.58. The van der Waals surface area contributed by atoms with Crippen molar-refractivity contribution < 1.29 is 23.0 Å². The largest absolute Gasteiger partial charge is 0.491 e. The predicted octanol–water partition coefficient (Wildman–Crippen LogP) is 7.61. The number of benzene rings is 2. The van der Waals surface area contributed by atoms with Gasteiger partial charge in [-0.25, -0.2) is 13.2 Å². The number of hydrogen-bond donors (Lipinski definition) is 1. The van der Waals surface area contributed by atoms with Gasteiger partial charge in [0.05, 0.1) is 18.3 Å². The highest BCUT2D eigenvalue weighted by atomic mass is 19.2. The predicted molar refractivity (Wildman–Crippen MR) is 129 cm³/mol. The second-order valence-electron chi connectivity index (χ2n) is 8.92. The van der Waals surface area contributed by atoms with Crippen molar-refractivity contribution in [2.75, 3.05) is 6.61 Å². The smallest absolute Gasteiger partial charge is 0.174 e. The van der Waals surface area contributed by atoms with Gasteiger partial charge in [0.2, 0.25) is 0 Å². The van der Waals surface area contributed by atoms with Gasteiger partial charge in [-0.3, -0.25) is 0 Å². The fourth-order valence-electron chi connectivity index (χ4n) is 4.40. The molecule has 182 valence electrons. The van der Waals surface area contributed by atoms with E-state index in [0.717, 1.165) is 44.1 Å². The molecule has 0 saturated heterocycles. The van der Waals surface area contributed by atoms with Crippen molar-refractivity contribution in [2.45, 2.75) is 70.3 Å². The first-order valence-corrected chi connectivity index (χ1v) is 12.1. The molecule has 1 aliphatic carbocycles. The Kier molecular flexibility index (Phi) is 9.65. The summed E-state index contributed by atoms with van der Waals surface area (Å²) in [5.41, 5.74) is 0.945. The van der Waals surface area contributed by atoms with Crippen molar-refractivity contribution in [1.29, 1.82) is 0 Å². The molecule has 1 unspecified atom stereocenters. The van der Waals surface area contributed by atoms with Crippen LogP contribution in [0.2, 0.25) is 0 Å². The van der Waals surface area contributed by atoms with Crippen molar-refractivity contribution in [3.05, 3.63) is 77.1 Å². The van der Waals surface area contributed by atoms with Crippen LogP contribution in [0.1, 0.15) is 87.0 Å². The Morgan fingerprint density at radius 2 is 1.88 bits per heavy atom. The van der Waals surface area contributed by atoms with Crippen LogP contribution in [-0.2, 0) is 0 Å². The van der Waals surface area contributed by atoms with Crippen LogP contribution in [0.4, 0.5) is 13.2 Å². The van der Waals surface area contributed by atoms with Gasteiger partial charge in [0.1, 0.15) is 0 Å².